The zero-order valence-corrected chi connectivity index (χ0v) is 39.0. The van der Waals surface area contributed by atoms with Crippen molar-refractivity contribution in [2.24, 2.45) is 0 Å². The number of nitriles is 2. The highest BCUT2D eigenvalue weighted by atomic mass is 16.5. The van der Waals surface area contributed by atoms with Crippen LogP contribution >= 0.6 is 0 Å². The van der Waals surface area contributed by atoms with Crippen molar-refractivity contribution in [2.75, 3.05) is 42.9 Å². The van der Waals surface area contributed by atoms with E-state index in [1.807, 2.05) is 18.3 Å². The van der Waals surface area contributed by atoms with E-state index in [0.29, 0.717) is 103 Å². The highest BCUT2D eigenvalue weighted by Crippen LogP contribution is 2.38. The van der Waals surface area contributed by atoms with Crippen LogP contribution in [0.5, 0.6) is 0 Å². The Balaban J connectivity index is 0.000000157. The maximum atomic E-state index is 13.8. The smallest absolute Gasteiger partial charge is 0.335 e. The quantitative estimate of drug-likeness (QED) is 0.153. The Bertz CT molecular complexity index is 3760. The Hall–Kier alpha value is -9.31. The van der Waals surface area contributed by atoms with E-state index >= 15 is 0 Å². The zero-order chi connectivity index (χ0) is 50.2. The lowest BCUT2D eigenvalue weighted by atomic mass is 10.1. The summed E-state index contributed by atoms with van der Waals surface area (Å²) in [4.78, 5) is 68.9. The Kier molecular flexibility index (Phi) is 12.3. The standard InChI is InChI=1S/C26H21N7O4.C26H23N7O3/c27-12-16-4-5-20-21(11-16)32(15-29-20)25-28-13-22-23(30-25)33(19-6-8-37-9-7-19)26(36)31(22)14-17-2-1-3-18(10-17)24(34)35;27-12-17-4-5-21-22(11-17)32(15-29-21)26-28-13-23-24(30-26)33(20-6-8-36-9-7-20)16-31(23)14-18-2-1-3-19(10-18)25(34)35/h1-5,10-11,13,15,19H,6-9,14H2,(H,34,35);1-5,10-11,13,15,20H,6-9,14,16H2,(H,34,35). The predicted octanol–water partition coefficient (Wildman–Crippen LogP) is 6.25. The largest absolute Gasteiger partial charge is 0.478 e. The Morgan fingerprint density at radius 2 is 1.19 bits per heavy atom. The second-order valence-corrected chi connectivity index (χ2v) is 17.9. The maximum Gasteiger partial charge on any atom is 0.335 e. The van der Waals surface area contributed by atoms with Crippen molar-refractivity contribution >= 4 is 56.7 Å². The van der Waals surface area contributed by atoms with Gasteiger partial charge < -0.3 is 29.5 Å². The third-order valence-electron chi connectivity index (χ3n) is 13.4. The van der Waals surface area contributed by atoms with Gasteiger partial charge in [-0.25, -0.2) is 34.3 Å². The predicted molar refractivity (Wildman–Crippen MR) is 265 cm³/mol. The first-order valence-electron chi connectivity index (χ1n) is 23.6. The third-order valence-corrected chi connectivity index (χ3v) is 13.4. The van der Waals surface area contributed by atoms with Crippen LogP contribution in [0.1, 0.15) is 74.7 Å². The maximum absolute atomic E-state index is 13.8. The molecule has 364 valence electrons. The molecule has 0 spiro atoms. The molecule has 0 saturated carbocycles. The molecule has 2 N–H and O–H groups in total. The van der Waals surface area contributed by atoms with Crippen molar-refractivity contribution in [1.29, 1.82) is 10.5 Å². The number of fused-ring (bicyclic) bond motifs is 4. The molecule has 5 aromatic heterocycles. The molecule has 4 aromatic carbocycles. The molecule has 3 aliphatic rings. The van der Waals surface area contributed by atoms with Crippen LogP contribution in [0.25, 0.3) is 45.1 Å². The summed E-state index contributed by atoms with van der Waals surface area (Å²) in [5, 5.41) is 37.4. The lowest BCUT2D eigenvalue weighted by Crippen LogP contribution is -2.42. The second kappa shape index (κ2) is 19.5. The number of carboxylic acid groups (broad SMARTS) is 2. The zero-order valence-electron chi connectivity index (χ0n) is 39.0. The van der Waals surface area contributed by atoms with Crippen molar-refractivity contribution in [3.8, 4) is 24.0 Å². The van der Waals surface area contributed by atoms with Gasteiger partial charge in [-0.1, -0.05) is 24.3 Å². The molecule has 0 atom stereocenters. The molecule has 8 heterocycles. The number of ether oxygens (including phenoxy) is 2. The number of hydrogen-bond donors (Lipinski definition) is 2. The Labute approximate surface area is 415 Å². The van der Waals surface area contributed by atoms with Crippen molar-refractivity contribution in [2.45, 2.75) is 50.9 Å². The van der Waals surface area contributed by atoms with Gasteiger partial charge in [0.15, 0.2) is 11.5 Å². The molecule has 21 heteroatoms. The fourth-order valence-electron chi connectivity index (χ4n) is 9.73. The molecule has 2 saturated heterocycles. The Morgan fingerprint density at radius 3 is 1.77 bits per heavy atom. The molecule has 12 rings (SSSR count). The summed E-state index contributed by atoms with van der Waals surface area (Å²) < 4.78 is 17.9. The van der Waals surface area contributed by atoms with Crippen LogP contribution in [0.4, 0.5) is 11.5 Å². The minimum absolute atomic E-state index is 0.0946. The van der Waals surface area contributed by atoms with Crippen molar-refractivity contribution in [3.05, 3.63) is 154 Å². The number of rotatable bonds is 10. The first-order valence-corrected chi connectivity index (χ1v) is 23.6. The molecule has 3 aliphatic heterocycles. The minimum Gasteiger partial charge on any atom is -0.478 e. The first-order chi connectivity index (χ1) is 35.6. The van der Waals surface area contributed by atoms with Crippen LogP contribution in [-0.4, -0.2) is 109 Å². The third kappa shape index (κ3) is 8.94. The number of nitrogens with zero attached hydrogens (tertiary/aromatic N) is 14. The van der Waals surface area contributed by atoms with Gasteiger partial charge in [-0.05, 0) is 97.5 Å². The van der Waals surface area contributed by atoms with E-state index in [-0.39, 0.29) is 35.4 Å². The number of imidazole rings is 3. The summed E-state index contributed by atoms with van der Waals surface area (Å²) >= 11 is 0. The number of carboxylic acids is 2. The van der Waals surface area contributed by atoms with E-state index in [2.05, 4.69) is 41.9 Å². The van der Waals surface area contributed by atoms with Crippen LogP contribution in [-0.2, 0) is 22.6 Å². The molecule has 2 fully saturated rings. The fourth-order valence-corrected chi connectivity index (χ4v) is 9.73. The summed E-state index contributed by atoms with van der Waals surface area (Å²) in [6.45, 7) is 3.84. The SMILES string of the molecule is N#Cc1ccc2ncn(-c3ncc4c(n3)N(C3CCOCC3)CN4Cc3cccc(C(=O)O)c3)c2c1.N#Cc1ccc2ncn(-c3ncc4c(n3)n(C3CCOCC3)c(=O)n4Cc3cccc(C(=O)O)c3)c2c1. The van der Waals surface area contributed by atoms with Gasteiger partial charge in [0.05, 0.1) is 82.1 Å². The van der Waals surface area contributed by atoms with Crippen LogP contribution < -0.4 is 15.5 Å². The number of anilines is 2. The number of benzene rings is 4. The molecule has 0 aliphatic carbocycles. The van der Waals surface area contributed by atoms with Gasteiger partial charge in [0.1, 0.15) is 23.9 Å². The first kappa shape index (κ1) is 46.1. The topological polar surface area (TPSA) is 261 Å². The highest BCUT2D eigenvalue weighted by molar-refractivity contribution is 5.88. The average Bonchev–Trinajstić information content (AvgIpc) is 4.21. The Morgan fingerprint density at radius 1 is 0.644 bits per heavy atom. The highest BCUT2D eigenvalue weighted by Gasteiger charge is 2.34. The summed E-state index contributed by atoms with van der Waals surface area (Å²) in [5.74, 6) is -0.324. The summed E-state index contributed by atoms with van der Waals surface area (Å²) in [7, 11) is 0. The van der Waals surface area contributed by atoms with E-state index in [0.717, 1.165) is 40.9 Å². The van der Waals surface area contributed by atoms with E-state index in [1.54, 1.807) is 104 Å². The van der Waals surface area contributed by atoms with Gasteiger partial charge in [-0.2, -0.15) is 20.5 Å². The molecule has 9 aromatic rings. The van der Waals surface area contributed by atoms with E-state index in [1.165, 1.54) is 6.07 Å². The normalized spacial score (nSPS) is 15.0. The number of aromatic nitrogens is 10. The summed E-state index contributed by atoms with van der Waals surface area (Å²) in [6.07, 6.45) is 9.85. The average molecular weight is 977 g/mol. The molecular weight excluding hydrogens is 933 g/mol. The molecule has 0 bridgehead atoms. The van der Waals surface area contributed by atoms with E-state index in [9.17, 15) is 35.1 Å². The van der Waals surface area contributed by atoms with Crippen molar-refractivity contribution in [3.63, 3.8) is 0 Å². The minimum atomic E-state index is -1.03. The van der Waals surface area contributed by atoms with Crippen molar-refractivity contribution < 1.29 is 29.3 Å². The molecule has 0 radical (unpaired) electrons. The van der Waals surface area contributed by atoms with Gasteiger partial charge in [-0.3, -0.25) is 18.3 Å². The lowest BCUT2D eigenvalue weighted by molar-refractivity contribution is 0.0686. The summed E-state index contributed by atoms with van der Waals surface area (Å²) in [6, 6.07) is 28.6. The van der Waals surface area contributed by atoms with Crippen LogP contribution in [0.2, 0.25) is 0 Å². The van der Waals surface area contributed by atoms with Gasteiger partial charge in [0.25, 0.3) is 0 Å². The fraction of sp³-hybridized carbons (Fsp3) is 0.250. The molecular formula is C52H44N14O7. The van der Waals surface area contributed by atoms with Crippen LogP contribution in [0.3, 0.4) is 0 Å². The molecule has 0 amide bonds. The van der Waals surface area contributed by atoms with Crippen LogP contribution in [0, 0.1) is 22.7 Å². The van der Waals surface area contributed by atoms with Crippen molar-refractivity contribution in [1.82, 2.24) is 48.2 Å². The van der Waals surface area contributed by atoms with Gasteiger partial charge in [0, 0.05) is 45.1 Å². The van der Waals surface area contributed by atoms with Crippen LogP contribution in [0.15, 0.2) is 115 Å². The van der Waals surface area contributed by atoms with Gasteiger partial charge >= 0.3 is 17.6 Å². The van der Waals surface area contributed by atoms with Gasteiger partial charge in [0.2, 0.25) is 11.9 Å². The second-order valence-electron chi connectivity index (χ2n) is 17.9. The number of aromatic carboxylic acids is 2. The number of carbonyl (C=O) groups is 2. The molecule has 21 nitrogen and oxygen atoms in total. The molecule has 73 heavy (non-hydrogen) atoms. The number of hydrogen-bond acceptors (Lipinski definition) is 15. The molecule has 0 unspecified atom stereocenters. The van der Waals surface area contributed by atoms with E-state index in [4.69, 9.17) is 19.4 Å². The van der Waals surface area contributed by atoms with E-state index < -0.39 is 11.9 Å². The lowest BCUT2D eigenvalue weighted by Gasteiger charge is -2.32. The van der Waals surface area contributed by atoms with Gasteiger partial charge in [-0.15, -0.1) is 0 Å². The monoisotopic (exact) mass is 976 g/mol. The summed E-state index contributed by atoms with van der Waals surface area (Å²) in [5.41, 5.74) is 7.64.